The number of hydrogen-bond donors (Lipinski definition) is 1. The second-order valence-corrected chi connectivity index (χ2v) is 7.84. The molecule has 6 nitrogen and oxygen atoms in total. The van der Waals surface area contributed by atoms with Crippen LogP contribution >= 0.6 is 0 Å². The van der Waals surface area contributed by atoms with E-state index >= 15 is 0 Å². The Morgan fingerprint density at radius 2 is 1.41 bits per heavy atom. The number of rotatable bonds is 6. The second-order valence-electron chi connectivity index (χ2n) is 6.13. The quantitative estimate of drug-likeness (QED) is 0.516. The molecule has 0 saturated heterocycles. The normalized spacial score (nSPS) is 12.5. The Hall–Kier alpha value is -3.03. The van der Waals surface area contributed by atoms with Gasteiger partial charge in [-0.15, -0.1) is 0 Å². The van der Waals surface area contributed by atoms with Gasteiger partial charge in [-0.3, -0.25) is 10.1 Å². The van der Waals surface area contributed by atoms with Gasteiger partial charge in [0.1, 0.15) is 0 Å². The van der Waals surface area contributed by atoms with Crippen molar-refractivity contribution in [2.75, 3.05) is 0 Å². The van der Waals surface area contributed by atoms with Gasteiger partial charge in [0.05, 0.1) is 15.9 Å². The van der Waals surface area contributed by atoms with Gasteiger partial charge in [0.25, 0.3) is 5.69 Å². The highest BCUT2D eigenvalue weighted by Crippen LogP contribution is 2.26. The Morgan fingerprint density at radius 1 is 0.852 bits per heavy atom. The maximum absolute atomic E-state index is 12.9. The van der Waals surface area contributed by atoms with Crippen LogP contribution in [0.25, 0.3) is 0 Å². The van der Waals surface area contributed by atoms with Crippen LogP contribution in [-0.2, 0) is 10.0 Å². The highest BCUT2D eigenvalue weighted by Gasteiger charge is 2.23. The summed E-state index contributed by atoms with van der Waals surface area (Å²) in [4.78, 5) is 10.6. The molecule has 0 bridgehead atoms. The van der Waals surface area contributed by atoms with Crippen molar-refractivity contribution in [3.8, 4) is 0 Å². The number of benzene rings is 3. The number of aryl methyl sites for hydroxylation is 1. The molecule has 3 aromatic carbocycles. The van der Waals surface area contributed by atoms with Crippen molar-refractivity contribution < 1.29 is 13.3 Å². The van der Waals surface area contributed by atoms with Crippen LogP contribution in [0, 0.1) is 17.0 Å². The average Bonchev–Trinajstić information content (AvgIpc) is 2.67. The molecule has 0 aliphatic rings. The van der Waals surface area contributed by atoms with E-state index in [0.717, 1.165) is 11.1 Å². The summed E-state index contributed by atoms with van der Waals surface area (Å²) in [6.45, 7) is 1.88. The first kappa shape index (κ1) is 18.8. The first-order valence-corrected chi connectivity index (χ1v) is 9.73. The predicted octanol–water partition coefficient (Wildman–Crippen LogP) is 3.97. The molecule has 0 radical (unpaired) electrons. The van der Waals surface area contributed by atoms with E-state index in [4.69, 9.17) is 0 Å². The van der Waals surface area contributed by atoms with Crippen LogP contribution < -0.4 is 4.72 Å². The van der Waals surface area contributed by atoms with Gasteiger partial charge in [0, 0.05) is 12.1 Å². The van der Waals surface area contributed by atoms with Crippen LogP contribution in [0.4, 0.5) is 5.69 Å². The van der Waals surface area contributed by atoms with Crippen molar-refractivity contribution >= 4 is 15.7 Å². The summed E-state index contributed by atoms with van der Waals surface area (Å²) < 4.78 is 28.4. The summed E-state index contributed by atoms with van der Waals surface area (Å²) in [5.41, 5.74) is 2.26. The van der Waals surface area contributed by atoms with Crippen molar-refractivity contribution in [2.45, 2.75) is 17.9 Å². The summed E-state index contributed by atoms with van der Waals surface area (Å²) in [6.07, 6.45) is 0. The topological polar surface area (TPSA) is 89.3 Å². The standard InChI is InChI=1S/C20H18N2O4S/c1-15-7-13-19(14-8-15)27(25,26)21-20(16-5-3-2-4-6-16)17-9-11-18(12-10-17)22(23)24/h2-14,20-21H,1H3. The summed E-state index contributed by atoms with van der Waals surface area (Å²) in [7, 11) is -3.78. The van der Waals surface area contributed by atoms with Gasteiger partial charge in [0.2, 0.25) is 10.0 Å². The highest BCUT2D eigenvalue weighted by molar-refractivity contribution is 7.89. The maximum Gasteiger partial charge on any atom is 0.269 e. The zero-order valence-electron chi connectivity index (χ0n) is 14.6. The fourth-order valence-corrected chi connectivity index (χ4v) is 3.92. The molecule has 1 unspecified atom stereocenters. The molecule has 1 N–H and O–H groups in total. The average molecular weight is 382 g/mol. The van der Waals surface area contributed by atoms with Crippen molar-refractivity contribution in [2.24, 2.45) is 0 Å². The SMILES string of the molecule is Cc1ccc(S(=O)(=O)NC(c2ccccc2)c2ccc([N+](=O)[O-])cc2)cc1. The molecule has 7 heteroatoms. The van der Waals surface area contributed by atoms with E-state index in [1.807, 2.05) is 37.3 Å². The zero-order valence-corrected chi connectivity index (χ0v) is 15.4. The maximum atomic E-state index is 12.9. The smallest absolute Gasteiger partial charge is 0.258 e. The van der Waals surface area contributed by atoms with E-state index in [0.29, 0.717) is 5.56 Å². The van der Waals surface area contributed by atoms with E-state index in [1.165, 1.54) is 12.1 Å². The first-order valence-electron chi connectivity index (χ1n) is 8.25. The Kier molecular flexibility index (Phi) is 5.34. The Bertz CT molecular complexity index is 1030. The third kappa shape index (κ3) is 4.39. The van der Waals surface area contributed by atoms with Gasteiger partial charge >= 0.3 is 0 Å². The summed E-state index contributed by atoms with van der Waals surface area (Å²) in [5.74, 6) is 0. The van der Waals surface area contributed by atoms with Crippen molar-refractivity contribution in [1.29, 1.82) is 0 Å². The Balaban J connectivity index is 2.00. The molecule has 0 heterocycles. The van der Waals surface area contributed by atoms with Crippen LogP contribution in [0.1, 0.15) is 22.7 Å². The molecule has 0 amide bonds. The number of sulfonamides is 1. The monoisotopic (exact) mass is 382 g/mol. The number of non-ortho nitro benzene ring substituents is 1. The van der Waals surface area contributed by atoms with Gasteiger partial charge in [-0.1, -0.05) is 60.2 Å². The Labute approximate surface area is 157 Å². The van der Waals surface area contributed by atoms with Crippen LogP contribution in [0.15, 0.2) is 83.8 Å². The number of nitro groups is 1. The van der Waals surface area contributed by atoms with Crippen LogP contribution in [-0.4, -0.2) is 13.3 Å². The summed E-state index contributed by atoms with van der Waals surface area (Å²) >= 11 is 0. The number of nitrogens with zero attached hydrogens (tertiary/aromatic N) is 1. The van der Waals surface area contributed by atoms with E-state index in [1.54, 1.807) is 36.4 Å². The second kappa shape index (κ2) is 7.69. The third-order valence-electron chi connectivity index (χ3n) is 4.17. The van der Waals surface area contributed by atoms with Gasteiger partial charge in [0.15, 0.2) is 0 Å². The summed E-state index contributed by atoms with van der Waals surface area (Å²) in [6, 6.07) is 20.8. The lowest BCUT2D eigenvalue weighted by molar-refractivity contribution is -0.384. The molecule has 138 valence electrons. The molecule has 0 aliphatic heterocycles. The van der Waals surface area contributed by atoms with Crippen LogP contribution in [0.3, 0.4) is 0 Å². The molecule has 0 spiro atoms. The number of nitrogens with one attached hydrogen (secondary N) is 1. The molecule has 3 aromatic rings. The Morgan fingerprint density at radius 3 is 1.96 bits per heavy atom. The van der Waals surface area contributed by atoms with Gasteiger partial charge in [-0.25, -0.2) is 8.42 Å². The first-order chi connectivity index (χ1) is 12.9. The van der Waals surface area contributed by atoms with E-state index < -0.39 is 21.0 Å². The lowest BCUT2D eigenvalue weighted by Gasteiger charge is -2.20. The van der Waals surface area contributed by atoms with Gasteiger partial charge < -0.3 is 0 Å². The predicted molar refractivity (Wildman–Crippen MR) is 103 cm³/mol. The number of hydrogen-bond acceptors (Lipinski definition) is 4. The van der Waals surface area contributed by atoms with E-state index in [2.05, 4.69) is 4.72 Å². The summed E-state index contributed by atoms with van der Waals surface area (Å²) in [5, 5.41) is 10.9. The zero-order chi connectivity index (χ0) is 19.4. The fraction of sp³-hybridized carbons (Fsp3) is 0.100. The van der Waals surface area contributed by atoms with Crippen molar-refractivity contribution in [3.63, 3.8) is 0 Å². The molecule has 0 fully saturated rings. The van der Waals surface area contributed by atoms with Crippen LogP contribution in [0.5, 0.6) is 0 Å². The minimum atomic E-state index is -3.78. The molecule has 0 aliphatic carbocycles. The molecule has 27 heavy (non-hydrogen) atoms. The third-order valence-corrected chi connectivity index (χ3v) is 5.61. The fourth-order valence-electron chi connectivity index (χ4n) is 2.70. The molecule has 3 rings (SSSR count). The highest BCUT2D eigenvalue weighted by atomic mass is 32.2. The molecule has 0 saturated carbocycles. The molecular formula is C20H18N2O4S. The van der Waals surface area contributed by atoms with Crippen molar-refractivity contribution in [3.05, 3.63) is 106 Å². The largest absolute Gasteiger partial charge is 0.269 e. The lowest BCUT2D eigenvalue weighted by Crippen LogP contribution is -2.29. The molecular weight excluding hydrogens is 364 g/mol. The van der Waals surface area contributed by atoms with E-state index in [9.17, 15) is 18.5 Å². The molecule has 1 atom stereocenters. The minimum absolute atomic E-state index is 0.0491. The van der Waals surface area contributed by atoms with Gasteiger partial charge in [-0.05, 0) is 30.2 Å². The lowest BCUT2D eigenvalue weighted by atomic mass is 9.99. The molecule has 0 aromatic heterocycles. The van der Waals surface area contributed by atoms with E-state index in [-0.39, 0.29) is 10.6 Å². The number of nitro benzene ring substituents is 1. The minimum Gasteiger partial charge on any atom is -0.258 e. The van der Waals surface area contributed by atoms with Gasteiger partial charge in [-0.2, -0.15) is 4.72 Å². The van der Waals surface area contributed by atoms with Crippen LogP contribution in [0.2, 0.25) is 0 Å². The van der Waals surface area contributed by atoms with Crippen molar-refractivity contribution in [1.82, 2.24) is 4.72 Å².